The highest BCUT2D eigenvalue weighted by Gasteiger charge is 2.08. The maximum absolute atomic E-state index is 5.63. The molecule has 3 rings (SSSR count). The molecule has 0 amide bonds. The Morgan fingerprint density at radius 3 is 2.62 bits per heavy atom. The van der Waals surface area contributed by atoms with Crippen LogP contribution in [0.1, 0.15) is 16.7 Å². The predicted molar refractivity (Wildman–Crippen MR) is 91.0 cm³/mol. The predicted octanol–water partition coefficient (Wildman–Crippen LogP) is 3.91. The molecule has 3 aromatic rings. The van der Waals surface area contributed by atoms with E-state index in [2.05, 4.69) is 69.7 Å². The van der Waals surface area contributed by atoms with Crippen molar-refractivity contribution in [3.63, 3.8) is 0 Å². The fraction of sp³-hybridized carbons (Fsp3) is 0.235. The first-order valence-corrected chi connectivity index (χ1v) is 7.82. The Morgan fingerprint density at radius 2 is 1.90 bits per heavy atom. The van der Waals surface area contributed by atoms with Gasteiger partial charge in [-0.1, -0.05) is 22.0 Å². The molecule has 3 nitrogen and oxygen atoms in total. The summed E-state index contributed by atoms with van der Waals surface area (Å²) in [4.78, 5) is 4.51. The molecule has 0 spiro atoms. The third-order valence-corrected chi connectivity index (χ3v) is 4.63. The maximum atomic E-state index is 5.63. The molecule has 0 aliphatic heterocycles. The van der Waals surface area contributed by atoms with E-state index in [0.717, 1.165) is 27.6 Å². The quantitative estimate of drug-likeness (QED) is 0.783. The molecule has 0 unspecified atom stereocenters. The smallest absolute Gasteiger partial charge is 0.100 e. The number of hydrogen-bond acceptors (Lipinski definition) is 2. The lowest BCUT2D eigenvalue weighted by Gasteiger charge is -2.09. The van der Waals surface area contributed by atoms with Gasteiger partial charge in [0.25, 0.3) is 0 Å². The molecule has 0 aliphatic carbocycles. The Balaban J connectivity index is 2.12. The van der Waals surface area contributed by atoms with Crippen molar-refractivity contribution in [3.05, 3.63) is 57.8 Å². The summed E-state index contributed by atoms with van der Waals surface area (Å²) < 4.78 is 3.22. The zero-order chi connectivity index (χ0) is 15.0. The molecule has 0 aliphatic rings. The molecule has 0 fully saturated rings. The minimum atomic E-state index is 0.657. The summed E-state index contributed by atoms with van der Waals surface area (Å²) in [6.45, 7) is 4.91. The molecule has 2 N–H and O–H groups in total. The first kappa shape index (κ1) is 14.3. The molecule has 4 heteroatoms. The van der Waals surface area contributed by atoms with Crippen LogP contribution in [0.4, 0.5) is 0 Å². The van der Waals surface area contributed by atoms with Gasteiger partial charge in [0, 0.05) is 10.2 Å². The Kier molecular flexibility index (Phi) is 3.83. The highest BCUT2D eigenvalue weighted by atomic mass is 79.9. The molecule has 0 atom stereocenters. The molecule has 0 radical (unpaired) electrons. The van der Waals surface area contributed by atoms with E-state index in [1.807, 2.05) is 6.33 Å². The first-order valence-electron chi connectivity index (χ1n) is 7.03. The largest absolute Gasteiger partial charge is 0.330 e. The van der Waals surface area contributed by atoms with Crippen LogP contribution in [0, 0.1) is 13.8 Å². The van der Waals surface area contributed by atoms with Gasteiger partial charge in [-0.15, -0.1) is 0 Å². The summed E-state index contributed by atoms with van der Waals surface area (Å²) in [7, 11) is 0. The van der Waals surface area contributed by atoms with E-state index in [1.165, 1.54) is 16.7 Å². The molecule has 1 heterocycles. The molecule has 0 saturated carbocycles. The molecular formula is C17H18BrN3. The fourth-order valence-electron chi connectivity index (χ4n) is 2.51. The van der Waals surface area contributed by atoms with Gasteiger partial charge in [-0.2, -0.15) is 0 Å². The van der Waals surface area contributed by atoms with E-state index in [4.69, 9.17) is 5.73 Å². The van der Waals surface area contributed by atoms with Gasteiger partial charge in [-0.25, -0.2) is 4.98 Å². The first-order chi connectivity index (χ1) is 10.1. The Bertz CT molecular complexity index is 805. The maximum Gasteiger partial charge on any atom is 0.100 e. The normalized spacial score (nSPS) is 11.2. The van der Waals surface area contributed by atoms with Crippen LogP contribution in [-0.4, -0.2) is 16.1 Å². The average molecular weight is 344 g/mol. The standard InChI is InChI=1S/C17H18BrN3/c1-11-7-16-17(8-12(11)2)21(10-20-16)14-4-3-13(5-6-19)15(18)9-14/h3-4,7-10H,5-6,19H2,1-2H3. The van der Waals surface area contributed by atoms with Crippen LogP contribution in [0.25, 0.3) is 16.7 Å². The number of halogens is 1. The molecule has 0 bridgehead atoms. The summed E-state index contributed by atoms with van der Waals surface area (Å²) in [5.74, 6) is 0. The second kappa shape index (κ2) is 5.62. The lowest BCUT2D eigenvalue weighted by Crippen LogP contribution is -2.03. The lowest BCUT2D eigenvalue weighted by atomic mass is 10.1. The van der Waals surface area contributed by atoms with Gasteiger partial charge < -0.3 is 5.73 Å². The summed E-state index contributed by atoms with van der Waals surface area (Å²) in [6, 6.07) is 10.7. The summed E-state index contributed by atoms with van der Waals surface area (Å²) in [6.07, 6.45) is 2.76. The second-order valence-corrected chi connectivity index (χ2v) is 6.21. The third kappa shape index (κ3) is 2.61. The van der Waals surface area contributed by atoms with Gasteiger partial charge in [0.05, 0.1) is 11.0 Å². The zero-order valence-corrected chi connectivity index (χ0v) is 13.8. The minimum Gasteiger partial charge on any atom is -0.330 e. The molecule has 2 aromatic carbocycles. The van der Waals surface area contributed by atoms with E-state index < -0.39 is 0 Å². The van der Waals surface area contributed by atoms with Crippen molar-refractivity contribution in [3.8, 4) is 5.69 Å². The number of aryl methyl sites for hydroxylation is 2. The van der Waals surface area contributed by atoms with Crippen LogP contribution < -0.4 is 5.73 Å². The van der Waals surface area contributed by atoms with Crippen LogP contribution in [-0.2, 0) is 6.42 Å². The van der Waals surface area contributed by atoms with E-state index in [0.29, 0.717) is 6.54 Å². The zero-order valence-electron chi connectivity index (χ0n) is 12.2. The molecular weight excluding hydrogens is 326 g/mol. The highest BCUT2D eigenvalue weighted by Crippen LogP contribution is 2.25. The van der Waals surface area contributed by atoms with Gasteiger partial charge in [-0.05, 0) is 67.8 Å². The van der Waals surface area contributed by atoms with Crippen LogP contribution >= 0.6 is 15.9 Å². The Morgan fingerprint density at radius 1 is 1.14 bits per heavy atom. The monoisotopic (exact) mass is 343 g/mol. The van der Waals surface area contributed by atoms with Gasteiger partial charge in [0.15, 0.2) is 0 Å². The van der Waals surface area contributed by atoms with Gasteiger partial charge >= 0.3 is 0 Å². The summed E-state index contributed by atoms with van der Waals surface area (Å²) in [5, 5.41) is 0. The molecule has 1 aromatic heterocycles. The van der Waals surface area contributed by atoms with Crippen molar-refractivity contribution in [2.24, 2.45) is 5.73 Å². The van der Waals surface area contributed by atoms with Crippen LogP contribution in [0.2, 0.25) is 0 Å². The van der Waals surface area contributed by atoms with E-state index in [-0.39, 0.29) is 0 Å². The van der Waals surface area contributed by atoms with Crippen molar-refractivity contribution in [1.29, 1.82) is 0 Å². The number of nitrogens with two attached hydrogens (primary N) is 1. The van der Waals surface area contributed by atoms with Gasteiger partial charge in [0.1, 0.15) is 6.33 Å². The Hall–Kier alpha value is -1.65. The number of aromatic nitrogens is 2. The SMILES string of the molecule is Cc1cc2ncn(-c3ccc(CCN)c(Br)c3)c2cc1C. The fourth-order valence-corrected chi connectivity index (χ4v) is 3.08. The van der Waals surface area contributed by atoms with Crippen molar-refractivity contribution >= 4 is 27.0 Å². The molecule has 21 heavy (non-hydrogen) atoms. The van der Waals surface area contributed by atoms with Gasteiger partial charge in [-0.3, -0.25) is 4.57 Å². The van der Waals surface area contributed by atoms with Crippen LogP contribution in [0.3, 0.4) is 0 Å². The van der Waals surface area contributed by atoms with Gasteiger partial charge in [0.2, 0.25) is 0 Å². The summed E-state index contributed by atoms with van der Waals surface area (Å²) in [5.41, 5.74) is 12.7. The third-order valence-electron chi connectivity index (χ3n) is 3.89. The van der Waals surface area contributed by atoms with Crippen molar-refractivity contribution in [2.75, 3.05) is 6.54 Å². The topological polar surface area (TPSA) is 43.8 Å². The van der Waals surface area contributed by atoms with Crippen molar-refractivity contribution < 1.29 is 0 Å². The number of nitrogens with zero attached hydrogens (tertiary/aromatic N) is 2. The number of fused-ring (bicyclic) bond motifs is 1. The van der Waals surface area contributed by atoms with E-state index >= 15 is 0 Å². The van der Waals surface area contributed by atoms with E-state index in [9.17, 15) is 0 Å². The number of rotatable bonds is 3. The summed E-state index contributed by atoms with van der Waals surface area (Å²) >= 11 is 3.63. The average Bonchev–Trinajstić information content (AvgIpc) is 2.85. The Labute approximate surface area is 132 Å². The molecule has 0 saturated heterocycles. The minimum absolute atomic E-state index is 0.657. The van der Waals surface area contributed by atoms with E-state index in [1.54, 1.807) is 0 Å². The van der Waals surface area contributed by atoms with Crippen LogP contribution in [0.5, 0.6) is 0 Å². The van der Waals surface area contributed by atoms with Crippen LogP contribution in [0.15, 0.2) is 41.1 Å². The lowest BCUT2D eigenvalue weighted by molar-refractivity contribution is 0.960. The van der Waals surface area contributed by atoms with Crippen molar-refractivity contribution in [1.82, 2.24) is 9.55 Å². The number of benzene rings is 2. The number of hydrogen-bond donors (Lipinski definition) is 1. The number of imidazole rings is 1. The molecule has 108 valence electrons. The van der Waals surface area contributed by atoms with Crippen molar-refractivity contribution in [2.45, 2.75) is 20.3 Å². The highest BCUT2D eigenvalue weighted by molar-refractivity contribution is 9.10. The second-order valence-electron chi connectivity index (χ2n) is 5.35.